The van der Waals surface area contributed by atoms with Crippen LogP contribution in [0, 0.1) is 0 Å². The second-order valence-electron chi connectivity index (χ2n) is 8.29. The van der Waals surface area contributed by atoms with Crippen LogP contribution >= 0.6 is 23.2 Å². The third kappa shape index (κ3) is 6.95. The van der Waals surface area contributed by atoms with Crippen molar-refractivity contribution in [1.29, 1.82) is 0 Å². The molecule has 9 nitrogen and oxygen atoms in total. The van der Waals surface area contributed by atoms with E-state index >= 15 is 0 Å². The zero-order valence-electron chi connectivity index (χ0n) is 21.7. The minimum absolute atomic E-state index is 0. The first-order chi connectivity index (χ1) is 18.5. The number of amides is 1. The van der Waals surface area contributed by atoms with Gasteiger partial charge in [-0.3, -0.25) is 9.35 Å². The number of hydrogen-bond acceptors (Lipinski definition) is 7. The number of anilines is 1. The summed E-state index contributed by atoms with van der Waals surface area (Å²) in [6.45, 7) is 3.86. The SMILES string of the molecule is CCOc1cc(Cl)cc(NC(=O)c2cc3ccccc3c(N=Nc3ccc(Cl)c(CC)c3S(=O)(=O)O)c2[O-])c1.[Na+]. The van der Waals surface area contributed by atoms with Crippen molar-refractivity contribution in [3.63, 3.8) is 0 Å². The zero-order chi connectivity index (χ0) is 28.3. The third-order valence-corrected chi connectivity index (χ3v) is 7.26. The van der Waals surface area contributed by atoms with Gasteiger partial charge in [0.05, 0.1) is 12.3 Å². The third-order valence-electron chi connectivity index (χ3n) is 5.71. The fourth-order valence-corrected chi connectivity index (χ4v) is 5.56. The smallest absolute Gasteiger partial charge is 0.870 e. The van der Waals surface area contributed by atoms with Crippen LogP contribution < -0.4 is 44.7 Å². The van der Waals surface area contributed by atoms with E-state index in [0.29, 0.717) is 33.8 Å². The predicted octanol–water partition coefficient (Wildman–Crippen LogP) is 4.10. The average molecular weight is 610 g/mol. The van der Waals surface area contributed by atoms with Crippen LogP contribution in [0.3, 0.4) is 0 Å². The first-order valence-electron chi connectivity index (χ1n) is 11.7. The normalized spacial score (nSPS) is 11.4. The molecule has 4 rings (SSSR count). The van der Waals surface area contributed by atoms with E-state index in [-0.39, 0.29) is 63.5 Å². The van der Waals surface area contributed by atoms with Crippen LogP contribution in [0.4, 0.5) is 17.1 Å². The molecular weight excluding hydrogens is 588 g/mol. The first kappa shape index (κ1) is 31.8. The summed E-state index contributed by atoms with van der Waals surface area (Å²) in [5.74, 6) is -1.01. The minimum Gasteiger partial charge on any atom is -0.870 e. The molecule has 0 aliphatic rings. The summed E-state index contributed by atoms with van der Waals surface area (Å²) in [6, 6.07) is 15.5. The number of rotatable bonds is 8. The fourth-order valence-electron chi connectivity index (χ4n) is 4.05. The Morgan fingerprint density at radius 1 is 1.05 bits per heavy atom. The average Bonchev–Trinajstić information content (AvgIpc) is 2.87. The first-order valence-corrected chi connectivity index (χ1v) is 13.9. The molecule has 0 saturated carbocycles. The number of hydrogen-bond donors (Lipinski definition) is 2. The summed E-state index contributed by atoms with van der Waals surface area (Å²) in [7, 11) is -4.72. The Labute approximate surface area is 263 Å². The second kappa shape index (κ2) is 13.3. The summed E-state index contributed by atoms with van der Waals surface area (Å²) in [4.78, 5) is 12.7. The van der Waals surface area contributed by atoms with Crippen molar-refractivity contribution < 1.29 is 57.2 Å². The van der Waals surface area contributed by atoms with Crippen molar-refractivity contribution >= 4 is 67.1 Å². The second-order valence-corrected chi connectivity index (χ2v) is 10.5. The van der Waals surface area contributed by atoms with Crippen molar-refractivity contribution in [3.8, 4) is 11.5 Å². The van der Waals surface area contributed by atoms with Gasteiger partial charge in [-0.25, -0.2) is 0 Å². The molecule has 0 atom stereocenters. The van der Waals surface area contributed by atoms with Crippen LogP contribution in [0.25, 0.3) is 10.8 Å². The summed E-state index contributed by atoms with van der Waals surface area (Å²) in [5, 5.41) is 25.6. The molecule has 0 saturated heterocycles. The van der Waals surface area contributed by atoms with Gasteiger partial charge in [0.15, 0.2) is 0 Å². The molecule has 2 N–H and O–H groups in total. The Bertz CT molecular complexity index is 1730. The Hall–Kier alpha value is -2.70. The number of fused-ring (bicyclic) bond motifs is 1. The van der Waals surface area contributed by atoms with E-state index in [1.54, 1.807) is 50.2 Å². The molecule has 4 aromatic rings. The molecule has 1 amide bonds. The number of carbonyl (C=O) groups is 1. The molecule has 0 spiro atoms. The summed E-state index contributed by atoms with van der Waals surface area (Å²) in [5.41, 5.74) is -0.143. The van der Waals surface area contributed by atoms with Crippen LogP contribution in [0.15, 0.2) is 75.8 Å². The molecule has 40 heavy (non-hydrogen) atoms. The van der Waals surface area contributed by atoms with Gasteiger partial charge in [0, 0.05) is 32.7 Å². The molecule has 0 aromatic heterocycles. The molecule has 13 heteroatoms. The van der Waals surface area contributed by atoms with E-state index in [1.807, 2.05) is 0 Å². The van der Waals surface area contributed by atoms with Gasteiger partial charge in [-0.2, -0.15) is 13.5 Å². The molecule has 0 radical (unpaired) electrons. The predicted molar refractivity (Wildman–Crippen MR) is 149 cm³/mol. The van der Waals surface area contributed by atoms with Crippen molar-refractivity contribution in [2.75, 3.05) is 11.9 Å². The molecule has 202 valence electrons. The van der Waals surface area contributed by atoms with Gasteiger partial charge in [0.1, 0.15) is 16.3 Å². The number of benzene rings is 4. The Kier molecular flexibility index (Phi) is 10.6. The largest absolute Gasteiger partial charge is 1.00 e. The molecule has 0 aliphatic carbocycles. The maximum Gasteiger partial charge on any atom is 1.00 e. The molecular formula is C27H22Cl2N3NaO6S. The topological polar surface area (TPSA) is 140 Å². The number of azo groups is 1. The van der Waals surface area contributed by atoms with Gasteiger partial charge >= 0.3 is 29.6 Å². The maximum atomic E-state index is 13.5. The van der Waals surface area contributed by atoms with Gasteiger partial charge < -0.3 is 15.2 Å². The van der Waals surface area contributed by atoms with E-state index < -0.39 is 26.7 Å². The maximum absolute atomic E-state index is 13.5. The van der Waals surface area contributed by atoms with Crippen LogP contribution in [-0.2, 0) is 16.5 Å². The number of nitrogens with one attached hydrogen (secondary N) is 1. The summed E-state index contributed by atoms with van der Waals surface area (Å²) < 4.78 is 39.6. The van der Waals surface area contributed by atoms with E-state index in [2.05, 4.69) is 15.5 Å². The molecule has 0 aliphatic heterocycles. The van der Waals surface area contributed by atoms with E-state index in [4.69, 9.17) is 27.9 Å². The quantitative estimate of drug-likeness (QED) is 0.175. The van der Waals surface area contributed by atoms with Crippen molar-refractivity contribution in [1.82, 2.24) is 0 Å². The van der Waals surface area contributed by atoms with Gasteiger partial charge in [0.25, 0.3) is 16.0 Å². The van der Waals surface area contributed by atoms with Crippen molar-refractivity contribution in [2.24, 2.45) is 10.2 Å². The molecule has 0 unspecified atom stereocenters. The van der Waals surface area contributed by atoms with E-state index in [0.717, 1.165) is 0 Å². The molecule has 0 heterocycles. The van der Waals surface area contributed by atoms with Gasteiger partial charge in [-0.15, -0.1) is 5.11 Å². The van der Waals surface area contributed by atoms with Crippen molar-refractivity contribution in [2.45, 2.75) is 25.2 Å². The summed E-state index contributed by atoms with van der Waals surface area (Å²) >= 11 is 12.3. The number of carbonyl (C=O) groups excluding carboxylic acids is 1. The van der Waals surface area contributed by atoms with E-state index in [9.17, 15) is 22.9 Å². The monoisotopic (exact) mass is 609 g/mol. The van der Waals surface area contributed by atoms with Gasteiger partial charge in [-0.1, -0.05) is 60.1 Å². The summed E-state index contributed by atoms with van der Waals surface area (Å²) in [6.07, 6.45) is 0.192. The standard InChI is InChI=1S/C27H23Cl2N3O6S.Na/c1-3-19-22(29)9-10-23(26(19)39(35,36)37)31-32-24-20-8-6-5-7-15(20)11-21(25(24)33)27(34)30-17-12-16(28)13-18(14-17)38-4-2;/h5-14,33H,3-4H2,1-2H3,(H,30,34)(H,35,36,37);/q;+1/p-1. The van der Waals surface area contributed by atoms with Crippen molar-refractivity contribution in [3.05, 3.63) is 81.8 Å². The number of halogens is 2. The molecule has 0 bridgehead atoms. The van der Waals surface area contributed by atoms with Crippen LogP contribution in [0.2, 0.25) is 10.0 Å². The van der Waals surface area contributed by atoms with Crippen LogP contribution in [0.5, 0.6) is 11.5 Å². The Morgan fingerprint density at radius 3 is 2.45 bits per heavy atom. The molecule has 4 aromatic carbocycles. The van der Waals surface area contributed by atoms with Gasteiger partial charge in [-0.05, 0) is 54.6 Å². The number of ether oxygens (including phenoxy) is 1. The zero-order valence-corrected chi connectivity index (χ0v) is 26.1. The van der Waals surface area contributed by atoms with Gasteiger partial charge in [0.2, 0.25) is 0 Å². The van der Waals surface area contributed by atoms with Crippen LogP contribution in [-0.4, -0.2) is 25.5 Å². The Balaban J connectivity index is 0.00000441. The van der Waals surface area contributed by atoms with E-state index in [1.165, 1.54) is 24.3 Å². The Morgan fingerprint density at radius 2 is 1.77 bits per heavy atom. The molecule has 0 fully saturated rings. The number of nitrogens with zero attached hydrogens (tertiary/aromatic N) is 2. The minimum atomic E-state index is -4.72. The fraction of sp³-hybridized carbons (Fsp3) is 0.148. The van der Waals surface area contributed by atoms with Crippen LogP contribution in [0.1, 0.15) is 29.8 Å².